The zero-order valence-corrected chi connectivity index (χ0v) is 19.0. The van der Waals surface area contributed by atoms with Crippen LogP contribution in [0.2, 0.25) is 5.02 Å². The normalized spacial score (nSPS) is 21.2. The van der Waals surface area contributed by atoms with Crippen molar-refractivity contribution in [2.45, 2.75) is 44.2 Å². The number of aromatic amines is 1. The molecule has 0 unspecified atom stereocenters. The number of anilines is 1. The van der Waals surface area contributed by atoms with Crippen LogP contribution in [0.25, 0.3) is 22.2 Å². The molecule has 4 N–H and O–H groups in total. The Morgan fingerprint density at radius 3 is 3.06 bits per heavy atom. The first-order valence-electron chi connectivity index (χ1n) is 10.9. The number of aliphatic hydroxyl groups is 1. The molecule has 1 amide bonds. The molecule has 33 heavy (non-hydrogen) atoms. The number of carbonyl (C=O) groups excluding carboxylic acids is 1. The molecule has 10 nitrogen and oxygen atoms in total. The molecule has 3 aromatic heterocycles. The molecular formula is C22H25ClN8O2. The summed E-state index contributed by atoms with van der Waals surface area (Å²) in [4.78, 5) is 35.2. The number of imidazole rings is 2. The van der Waals surface area contributed by atoms with Crippen LogP contribution < -0.4 is 5.73 Å². The number of aryl methyl sites for hydroxylation is 1. The largest absolute Gasteiger partial charge is 0.388 e. The standard InChI is InChI=1S/C22H25ClN8O2/c1-22(33)7-8-30(10-16(22)31-12-27-19-20(24)25-11-26-21(19)31)18(32)4-2-3-17-28-14-6-5-13(23)9-15(14)29-17/h5-6,9,11-12,16,33H,2-4,7-8,10H2,1H3,(H,28,29)(H2,24,25,26)/t16-,22-/m1/s1. The van der Waals surface area contributed by atoms with E-state index in [4.69, 9.17) is 17.3 Å². The third-order valence-electron chi connectivity index (χ3n) is 6.37. The van der Waals surface area contributed by atoms with Crippen LogP contribution in [0.4, 0.5) is 5.82 Å². The average Bonchev–Trinajstić information content (AvgIpc) is 3.38. The second-order valence-corrected chi connectivity index (χ2v) is 9.18. The van der Waals surface area contributed by atoms with E-state index >= 15 is 0 Å². The summed E-state index contributed by atoms with van der Waals surface area (Å²) in [5.41, 5.74) is 7.68. The topological polar surface area (TPSA) is 139 Å². The van der Waals surface area contributed by atoms with Gasteiger partial charge in [-0.05, 0) is 38.0 Å². The van der Waals surface area contributed by atoms with Crippen molar-refractivity contribution in [1.82, 2.24) is 34.4 Å². The predicted molar refractivity (Wildman–Crippen MR) is 125 cm³/mol. The molecule has 0 radical (unpaired) electrons. The summed E-state index contributed by atoms with van der Waals surface area (Å²) < 4.78 is 1.80. The number of rotatable bonds is 5. The molecular weight excluding hydrogens is 444 g/mol. The number of carbonyl (C=O) groups is 1. The van der Waals surface area contributed by atoms with E-state index in [-0.39, 0.29) is 11.7 Å². The third kappa shape index (κ3) is 4.11. The van der Waals surface area contributed by atoms with Gasteiger partial charge in [-0.2, -0.15) is 0 Å². The fourth-order valence-corrected chi connectivity index (χ4v) is 4.63. The van der Waals surface area contributed by atoms with Crippen molar-refractivity contribution in [3.05, 3.63) is 41.7 Å². The van der Waals surface area contributed by atoms with E-state index in [9.17, 15) is 9.90 Å². The lowest BCUT2D eigenvalue weighted by atomic mass is 9.88. The van der Waals surface area contributed by atoms with Crippen molar-refractivity contribution >= 4 is 45.5 Å². The number of likely N-dealkylation sites (tertiary alicyclic amines) is 1. The molecule has 2 atom stereocenters. The highest BCUT2D eigenvalue weighted by molar-refractivity contribution is 6.31. The van der Waals surface area contributed by atoms with Crippen LogP contribution in [-0.4, -0.2) is 64.1 Å². The van der Waals surface area contributed by atoms with Crippen molar-refractivity contribution < 1.29 is 9.90 Å². The number of piperidine rings is 1. The molecule has 1 aliphatic rings. The van der Waals surface area contributed by atoms with Crippen LogP contribution in [0.5, 0.6) is 0 Å². The number of hydrogen-bond acceptors (Lipinski definition) is 7. The summed E-state index contributed by atoms with van der Waals surface area (Å²) >= 11 is 6.03. The van der Waals surface area contributed by atoms with E-state index in [1.807, 2.05) is 18.2 Å². The van der Waals surface area contributed by atoms with Crippen LogP contribution >= 0.6 is 11.6 Å². The average molecular weight is 469 g/mol. The number of hydrogen-bond donors (Lipinski definition) is 3. The van der Waals surface area contributed by atoms with Crippen molar-refractivity contribution in [2.24, 2.45) is 0 Å². The number of nitrogen functional groups attached to an aromatic ring is 1. The summed E-state index contributed by atoms with van der Waals surface area (Å²) in [6, 6.07) is 5.14. The maximum Gasteiger partial charge on any atom is 0.222 e. The molecule has 0 bridgehead atoms. The second kappa shape index (κ2) is 8.27. The van der Waals surface area contributed by atoms with E-state index < -0.39 is 11.6 Å². The van der Waals surface area contributed by atoms with E-state index in [1.165, 1.54) is 6.33 Å². The SMILES string of the molecule is C[C@@]1(O)CCN(C(=O)CCCc2nc3ccc(Cl)cc3[nH]2)C[C@H]1n1cnc2c(N)ncnc21. The number of halogens is 1. The van der Waals surface area contributed by atoms with E-state index in [0.717, 1.165) is 16.9 Å². The minimum Gasteiger partial charge on any atom is -0.388 e. The molecule has 1 fully saturated rings. The van der Waals surface area contributed by atoms with Gasteiger partial charge in [-0.25, -0.2) is 19.9 Å². The first-order valence-corrected chi connectivity index (χ1v) is 11.3. The van der Waals surface area contributed by atoms with Gasteiger partial charge in [-0.1, -0.05) is 11.6 Å². The number of nitrogens with one attached hydrogen (secondary N) is 1. The Hall–Kier alpha value is -3.24. The number of nitrogens with two attached hydrogens (primary N) is 1. The number of amides is 1. The van der Waals surface area contributed by atoms with Gasteiger partial charge in [-0.15, -0.1) is 0 Å². The second-order valence-electron chi connectivity index (χ2n) is 8.74. The van der Waals surface area contributed by atoms with Crippen LogP contribution in [0.15, 0.2) is 30.9 Å². The van der Waals surface area contributed by atoms with E-state index in [1.54, 1.807) is 22.7 Å². The summed E-state index contributed by atoms with van der Waals surface area (Å²) in [6.45, 7) is 2.64. The molecule has 0 aliphatic carbocycles. The molecule has 0 spiro atoms. The number of nitrogens with zero attached hydrogens (tertiary/aromatic N) is 6. The molecule has 4 aromatic rings. The fourth-order valence-electron chi connectivity index (χ4n) is 4.46. The summed E-state index contributed by atoms with van der Waals surface area (Å²) in [7, 11) is 0. The van der Waals surface area contributed by atoms with Gasteiger partial charge in [0.15, 0.2) is 11.5 Å². The Balaban J connectivity index is 1.26. The molecule has 0 saturated carbocycles. The smallest absolute Gasteiger partial charge is 0.222 e. The quantitative estimate of drug-likeness (QED) is 0.409. The Labute approximate surface area is 194 Å². The van der Waals surface area contributed by atoms with Gasteiger partial charge >= 0.3 is 0 Å². The Bertz CT molecular complexity index is 1330. The van der Waals surface area contributed by atoms with Gasteiger partial charge in [0, 0.05) is 31.0 Å². The van der Waals surface area contributed by atoms with Gasteiger partial charge in [-0.3, -0.25) is 4.79 Å². The summed E-state index contributed by atoms with van der Waals surface area (Å²) in [5.74, 6) is 1.17. The van der Waals surface area contributed by atoms with Crippen LogP contribution in [0.3, 0.4) is 0 Å². The Morgan fingerprint density at radius 2 is 2.21 bits per heavy atom. The molecule has 1 saturated heterocycles. The lowest BCUT2D eigenvalue weighted by molar-refractivity contribution is -0.138. The molecule has 1 aliphatic heterocycles. The zero-order chi connectivity index (χ0) is 23.2. The van der Waals surface area contributed by atoms with Gasteiger partial charge in [0.1, 0.15) is 17.7 Å². The van der Waals surface area contributed by atoms with Crippen LogP contribution in [0.1, 0.15) is 38.1 Å². The highest BCUT2D eigenvalue weighted by Gasteiger charge is 2.41. The number of benzene rings is 1. The molecule has 172 valence electrons. The van der Waals surface area contributed by atoms with E-state index in [2.05, 4.69) is 24.9 Å². The van der Waals surface area contributed by atoms with Crippen molar-refractivity contribution in [3.8, 4) is 0 Å². The maximum absolute atomic E-state index is 13.0. The number of aromatic nitrogens is 6. The minimum atomic E-state index is -1.01. The highest BCUT2D eigenvalue weighted by atomic mass is 35.5. The monoisotopic (exact) mass is 468 g/mol. The molecule has 4 heterocycles. The zero-order valence-electron chi connectivity index (χ0n) is 18.2. The van der Waals surface area contributed by atoms with Gasteiger partial charge < -0.3 is 25.3 Å². The molecule has 1 aromatic carbocycles. The first-order chi connectivity index (χ1) is 15.8. The lowest BCUT2D eigenvalue weighted by Gasteiger charge is -2.43. The first kappa shape index (κ1) is 21.6. The van der Waals surface area contributed by atoms with Gasteiger partial charge in [0.2, 0.25) is 5.91 Å². The van der Waals surface area contributed by atoms with Crippen molar-refractivity contribution in [3.63, 3.8) is 0 Å². The minimum absolute atomic E-state index is 0.0493. The Kier molecular flexibility index (Phi) is 5.41. The van der Waals surface area contributed by atoms with Gasteiger partial charge in [0.25, 0.3) is 0 Å². The van der Waals surface area contributed by atoms with E-state index in [0.29, 0.717) is 55.0 Å². The highest BCUT2D eigenvalue weighted by Crippen LogP contribution is 2.34. The van der Waals surface area contributed by atoms with Crippen LogP contribution in [-0.2, 0) is 11.2 Å². The Morgan fingerprint density at radius 1 is 1.36 bits per heavy atom. The third-order valence-corrected chi connectivity index (χ3v) is 6.61. The van der Waals surface area contributed by atoms with Crippen molar-refractivity contribution in [2.75, 3.05) is 18.8 Å². The van der Waals surface area contributed by atoms with Gasteiger partial charge in [0.05, 0.1) is 29.0 Å². The van der Waals surface area contributed by atoms with Crippen LogP contribution in [0, 0.1) is 0 Å². The number of H-pyrrole nitrogens is 1. The molecule has 5 rings (SSSR count). The maximum atomic E-state index is 13.0. The molecule has 11 heteroatoms. The van der Waals surface area contributed by atoms with Crippen molar-refractivity contribution in [1.29, 1.82) is 0 Å². The predicted octanol–water partition coefficient (Wildman–Crippen LogP) is 2.49. The lowest BCUT2D eigenvalue weighted by Crippen LogP contribution is -2.52. The summed E-state index contributed by atoms with van der Waals surface area (Å²) in [6.07, 6.45) is 5.16. The fraction of sp³-hybridized carbons (Fsp3) is 0.409. The number of fused-ring (bicyclic) bond motifs is 2. The summed E-state index contributed by atoms with van der Waals surface area (Å²) in [5, 5.41) is 11.7.